The van der Waals surface area contributed by atoms with Gasteiger partial charge in [0, 0.05) is 25.2 Å². The fourth-order valence-electron chi connectivity index (χ4n) is 4.17. The van der Waals surface area contributed by atoms with Gasteiger partial charge in [-0.15, -0.1) is 5.10 Å². The van der Waals surface area contributed by atoms with E-state index in [0.717, 1.165) is 39.7 Å². The summed E-state index contributed by atoms with van der Waals surface area (Å²) in [5.74, 6) is 1.14. The first-order valence-electron chi connectivity index (χ1n) is 9.73. The predicted octanol–water partition coefficient (Wildman–Crippen LogP) is 3.96. The van der Waals surface area contributed by atoms with Gasteiger partial charge in [0.1, 0.15) is 3.70 Å². The fraction of sp³-hybridized carbons (Fsp3) is 0.778. The summed E-state index contributed by atoms with van der Waals surface area (Å²) in [6.07, 6.45) is 4.28. The van der Waals surface area contributed by atoms with Crippen LogP contribution in [-0.2, 0) is 4.43 Å². The second-order valence-electron chi connectivity index (χ2n) is 9.62. The Morgan fingerprint density at radius 1 is 1.30 bits per heavy atom. The SMILES string of the molecule is CC(C)(C)[Si](C)(C)OC1C[C@@H]2CN(c3nn4c(I)cnc4s3)C[C@@H]2[C@H](N)C1. The number of anilines is 1. The molecule has 0 radical (unpaired) electrons. The molecule has 2 N–H and O–H groups in total. The second-order valence-corrected chi connectivity index (χ2v) is 16.4. The van der Waals surface area contributed by atoms with Crippen LogP contribution in [0.1, 0.15) is 33.6 Å². The van der Waals surface area contributed by atoms with Crippen LogP contribution in [0.3, 0.4) is 0 Å². The van der Waals surface area contributed by atoms with Gasteiger partial charge in [0.15, 0.2) is 8.32 Å². The summed E-state index contributed by atoms with van der Waals surface area (Å²) in [6, 6.07) is 0.215. The van der Waals surface area contributed by atoms with E-state index in [0.29, 0.717) is 17.9 Å². The molecule has 27 heavy (non-hydrogen) atoms. The third-order valence-corrected chi connectivity index (χ3v) is 13.0. The highest BCUT2D eigenvalue weighted by atomic mass is 127. The van der Waals surface area contributed by atoms with E-state index in [2.05, 4.69) is 66.3 Å². The van der Waals surface area contributed by atoms with Crippen LogP contribution in [0.15, 0.2) is 6.20 Å². The molecule has 0 amide bonds. The molecule has 0 spiro atoms. The Morgan fingerprint density at radius 2 is 2.04 bits per heavy atom. The van der Waals surface area contributed by atoms with Crippen molar-refractivity contribution >= 4 is 52.3 Å². The van der Waals surface area contributed by atoms with Crippen molar-refractivity contribution in [1.82, 2.24) is 14.6 Å². The number of hydrogen-bond donors (Lipinski definition) is 1. The number of nitrogens with two attached hydrogens (primary N) is 1. The lowest BCUT2D eigenvalue weighted by atomic mass is 9.77. The standard InChI is InChI=1S/C18H30IN5OSSi/c1-18(2,3)27(4,5)25-12-6-11-9-23(10-13(11)14(20)7-12)17-22-24-15(19)8-21-16(24)26-17/h8,11-14H,6-7,9-10,20H2,1-5H3/t11-,12?,13+,14-/m1/s1. The van der Waals surface area contributed by atoms with Crippen LogP contribution < -0.4 is 10.6 Å². The van der Waals surface area contributed by atoms with Crippen LogP contribution in [0.2, 0.25) is 18.1 Å². The van der Waals surface area contributed by atoms with Crippen LogP contribution in [0, 0.1) is 15.5 Å². The number of halogens is 1. The summed E-state index contributed by atoms with van der Waals surface area (Å²) in [7, 11) is -1.76. The Labute approximate surface area is 180 Å². The summed E-state index contributed by atoms with van der Waals surface area (Å²) < 4.78 is 9.72. The summed E-state index contributed by atoms with van der Waals surface area (Å²) >= 11 is 3.95. The molecule has 2 aliphatic rings. The third kappa shape index (κ3) is 3.69. The van der Waals surface area contributed by atoms with E-state index in [9.17, 15) is 0 Å². The van der Waals surface area contributed by atoms with Crippen LogP contribution in [0.5, 0.6) is 0 Å². The lowest BCUT2D eigenvalue weighted by Crippen LogP contribution is -2.50. The van der Waals surface area contributed by atoms with Crippen LogP contribution in [0.25, 0.3) is 4.96 Å². The summed E-state index contributed by atoms with van der Waals surface area (Å²) in [5, 5.41) is 6.08. The Hall–Kier alpha value is -0.233. The van der Waals surface area contributed by atoms with Crippen molar-refractivity contribution in [2.75, 3.05) is 18.0 Å². The molecule has 0 bridgehead atoms. The maximum Gasteiger partial charge on any atom is 0.214 e. The largest absolute Gasteiger partial charge is 0.414 e. The first-order valence-corrected chi connectivity index (χ1v) is 14.5. The monoisotopic (exact) mass is 519 g/mol. The molecule has 1 saturated heterocycles. The summed E-state index contributed by atoms with van der Waals surface area (Å²) in [5.41, 5.74) is 6.63. The van der Waals surface area contributed by atoms with Gasteiger partial charge in [-0.2, -0.15) is 4.52 Å². The molecule has 4 atom stereocenters. The molecule has 2 aromatic heterocycles. The highest BCUT2D eigenvalue weighted by Gasteiger charge is 2.46. The Morgan fingerprint density at radius 3 is 2.70 bits per heavy atom. The second kappa shape index (κ2) is 6.93. The minimum absolute atomic E-state index is 0.215. The molecular weight excluding hydrogens is 489 g/mol. The Kier molecular flexibility index (Phi) is 5.15. The van der Waals surface area contributed by atoms with Gasteiger partial charge in [-0.3, -0.25) is 0 Å². The highest BCUT2D eigenvalue weighted by molar-refractivity contribution is 14.1. The number of imidazole rings is 1. The molecule has 2 aromatic rings. The summed E-state index contributed by atoms with van der Waals surface area (Å²) in [4.78, 5) is 7.82. The number of rotatable bonds is 3. The third-order valence-electron chi connectivity index (χ3n) is 6.71. The van der Waals surface area contributed by atoms with E-state index >= 15 is 0 Å². The summed E-state index contributed by atoms with van der Waals surface area (Å²) in [6.45, 7) is 13.7. The Bertz CT molecular complexity index is 831. The van der Waals surface area contributed by atoms with E-state index in [1.807, 2.05) is 10.7 Å². The maximum atomic E-state index is 6.73. The number of nitrogens with zero attached hydrogens (tertiary/aromatic N) is 4. The number of fused-ring (bicyclic) bond motifs is 2. The van der Waals surface area contributed by atoms with Gasteiger partial charge in [0.2, 0.25) is 10.1 Å². The smallest absolute Gasteiger partial charge is 0.214 e. The van der Waals surface area contributed by atoms with Crippen molar-refractivity contribution in [1.29, 1.82) is 0 Å². The van der Waals surface area contributed by atoms with Gasteiger partial charge >= 0.3 is 0 Å². The number of aromatic nitrogens is 3. The van der Waals surface area contributed by atoms with E-state index < -0.39 is 8.32 Å². The Balaban J connectivity index is 1.47. The van der Waals surface area contributed by atoms with Gasteiger partial charge < -0.3 is 15.1 Å². The van der Waals surface area contributed by atoms with Crippen molar-refractivity contribution in [2.24, 2.45) is 17.6 Å². The van der Waals surface area contributed by atoms with Gasteiger partial charge in [-0.25, -0.2) is 4.98 Å². The molecule has 0 aromatic carbocycles. The van der Waals surface area contributed by atoms with Crippen molar-refractivity contribution in [3.05, 3.63) is 9.90 Å². The van der Waals surface area contributed by atoms with E-state index in [-0.39, 0.29) is 11.1 Å². The van der Waals surface area contributed by atoms with Crippen LogP contribution in [-0.4, -0.2) is 48.2 Å². The molecule has 1 aliphatic heterocycles. The topological polar surface area (TPSA) is 68.7 Å². The molecule has 1 saturated carbocycles. The lowest BCUT2D eigenvalue weighted by Gasteiger charge is -2.43. The first-order chi connectivity index (χ1) is 12.5. The predicted molar refractivity (Wildman–Crippen MR) is 122 cm³/mol. The average molecular weight is 520 g/mol. The highest BCUT2D eigenvalue weighted by Crippen LogP contribution is 2.43. The maximum absolute atomic E-state index is 6.73. The van der Waals surface area contributed by atoms with E-state index in [1.165, 1.54) is 0 Å². The zero-order valence-corrected chi connectivity index (χ0v) is 20.7. The molecule has 4 rings (SSSR count). The molecule has 2 fully saturated rings. The van der Waals surface area contributed by atoms with Crippen molar-refractivity contribution in [2.45, 2.75) is 63.9 Å². The van der Waals surface area contributed by atoms with Crippen molar-refractivity contribution < 1.29 is 4.43 Å². The number of hydrogen-bond acceptors (Lipinski definition) is 6. The molecule has 9 heteroatoms. The minimum atomic E-state index is -1.76. The zero-order valence-electron chi connectivity index (χ0n) is 16.8. The zero-order chi connectivity index (χ0) is 19.6. The molecule has 1 unspecified atom stereocenters. The van der Waals surface area contributed by atoms with Gasteiger partial charge in [-0.1, -0.05) is 32.1 Å². The lowest BCUT2D eigenvalue weighted by molar-refractivity contribution is 0.0814. The molecule has 1 aliphatic carbocycles. The van der Waals surface area contributed by atoms with Gasteiger partial charge in [0.05, 0.1) is 6.20 Å². The van der Waals surface area contributed by atoms with Crippen molar-refractivity contribution in [3.8, 4) is 0 Å². The minimum Gasteiger partial charge on any atom is -0.414 e. The molecular formula is C18H30IN5OSSi. The van der Waals surface area contributed by atoms with Crippen LogP contribution >= 0.6 is 33.9 Å². The van der Waals surface area contributed by atoms with E-state index in [1.54, 1.807) is 11.3 Å². The fourth-order valence-corrected chi connectivity index (χ4v) is 7.09. The van der Waals surface area contributed by atoms with E-state index in [4.69, 9.17) is 15.3 Å². The molecule has 6 nitrogen and oxygen atoms in total. The first kappa shape index (κ1) is 20.1. The molecule has 150 valence electrons. The quantitative estimate of drug-likeness (QED) is 0.491. The molecule has 3 heterocycles. The normalized spacial score (nSPS) is 29.5. The van der Waals surface area contributed by atoms with Crippen molar-refractivity contribution in [3.63, 3.8) is 0 Å². The van der Waals surface area contributed by atoms with Gasteiger partial charge in [0.25, 0.3) is 0 Å². The average Bonchev–Trinajstić information content (AvgIpc) is 3.21. The van der Waals surface area contributed by atoms with Gasteiger partial charge in [-0.05, 0) is 65.4 Å². The van der Waals surface area contributed by atoms with Crippen LogP contribution in [0.4, 0.5) is 5.13 Å².